The average molecular weight is 348 g/mol. The summed E-state index contributed by atoms with van der Waals surface area (Å²) in [6.07, 6.45) is 7.95. The van der Waals surface area contributed by atoms with Gasteiger partial charge >= 0.3 is 0 Å². The normalized spacial score (nSPS) is 12.7. The van der Waals surface area contributed by atoms with Crippen LogP contribution < -0.4 is 5.32 Å². The Morgan fingerprint density at radius 3 is 2.43 bits per heavy atom. The second-order valence-electron chi connectivity index (χ2n) is 5.80. The summed E-state index contributed by atoms with van der Waals surface area (Å²) in [6, 6.07) is 13.8. The molecule has 1 unspecified atom stereocenters. The maximum absolute atomic E-state index is 3.54. The molecule has 0 fully saturated rings. The minimum absolute atomic E-state index is 0.472. The molecule has 0 saturated carbocycles. The van der Waals surface area contributed by atoms with E-state index in [1.165, 1.54) is 54.9 Å². The highest BCUT2D eigenvalue weighted by Gasteiger charge is 2.09. The minimum atomic E-state index is 0.472. The highest BCUT2D eigenvalue weighted by atomic mass is 79.9. The molecule has 2 aromatic rings. The molecule has 0 aliphatic carbocycles. The molecule has 21 heavy (non-hydrogen) atoms. The summed E-state index contributed by atoms with van der Waals surface area (Å²) in [5, 5.41) is 6.09. The predicted molar refractivity (Wildman–Crippen MR) is 96.8 cm³/mol. The SMILES string of the molecule is CCCCCCCC(NC)c1ccc2cc(Br)ccc2c1. The van der Waals surface area contributed by atoms with Gasteiger partial charge in [-0.3, -0.25) is 0 Å². The molecule has 0 heterocycles. The Kier molecular flexibility index (Phi) is 6.72. The number of benzene rings is 2. The van der Waals surface area contributed by atoms with Crippen LogP contribution in [-0.2, 0) is 0 Å². The number of fused-ring (bicyclic) bond motifs is 1. The molecule has 0 bridgehead atoms. The first-order valence-electron chi connectivity index (χ1n) is 8.11. The quantitative estimate of drug-likeness (QED) is 0.558. The molecule has 1 N–H and O–H groups in total. The van der Waals surface area contributed by atoms with Crippen molar-refractivity contribution in [2.45, 2.75) is 51.5 Å². The molecule has 0 amide bonds. The molecule has 0 aliphatic rings. The van der Waals surface area contributed by atoms with Crippen LogP contribution in [0.3, 0.4) is 0 Å². The fourth-order valence-electron chi connectivity index (χ4n) is 2.88. The van der Waals surface area contributed by atoms with Gasteiger partial charge in [0, 0.05) is 10.5 Å². The molecule has 2 heteroatoms. The summed E-state index contributed by atoms with van der Waals surface area (Å²) in [4.78, 5) is 0. The lowest BCUT2D eigenvalue weighted by Crippen LogP contribution is -2.16. The van der Waals surface area contributed by atoms with Gasteiger partial charge in [-0.2, -0.15) is 0 Å². The number of unbranched alkanes of at least 4 members (excludes halogenated alkanes) is 4. The number of hydrogen-bond donors (Lipinski definition) is 1. The minimum Gasteiger partial charge on any atom is -0.313 e. The molecule has 2 aromatic carbocycles. The molecule has 0 aromatic heterocycles. The second-order valence-corrected chi connectivity index (χ2v) is 6.71. The van der Waals surface area contributed by atoms with Crippen molar-refractivity contribution in [3.63, 3.8) is 0 Å². The molecule has 0 radical (unpaired) electrons. The Morgan fingerprint density at radius 2 is 1.67 bits per heavy atom. The van der Waals surface area contributed by atoms with Gasteiger partial charge in [0.2, 0.25) is 0 Å². The monoisotopic (exact) mass is 347 g/mol. The molecule has 0 aliphatic heterocycles. The van der Waals surface area contributed by atoms with Crippen LogP contribution in [-0.4, -0.2) is 7.05 Å². The lowest BCUT2D eigenvalue weighted by molar-refractivity contribution is 0.501. The van der Waals surface area contributed by atoms with E-state index in [0.717, 1.165) is 4.47 Å². The Balaban J connectivity index is 2.02. The Hall–Kier alpha value is -0.860. The third-order valence-electron chi connectivity index (χ3n) is 4.17. The third kappa shape index (κ3) is 4.82. The van der Waals surface area contributed by atoms with E-state index in [9.17, 15) is 0 Å². The van der Waals surface area contributed by atoms with Crippen molar-refractivity contribution < 1.29 is 0 Å². The maximum Gasteiger partial charge on any atom is 0.0317 e. The van der Waals surface area contributed by atoms with Crippen LogP contribution in [0.4, 0.5) is 0 Å². The number of rotatable bonds is 8. The van der Waals surface area contributed by atoms with Crippen molar-refractivity contribution in [3.05, 3.63) is 46.4 Å². The first kappa shape index (κ1) is 16.5. The molecule has 1 nitrogen and oxygen atoms in total. The molecule has 1 atom stereocenters. The Morgan fingerprint density at radius 1 is 0.952 bits per heavy atom. The van der Waals surface area contributed by atoms with Crippen molar-refractivity contribution >= 4 is 26.7 Å². The molecule has 0 spiro atoms. The van der Waals surface area contributed by atoms with Crippen molar-refractivity contribution in [3.8, 4) is 0 Å². The maximum atomic E-state index is 3.54. The van der Waals surface area contributed by atoms with Gasteiger partial charge in [-0.25, -0.2) is 0 Å². The summed E-state index contributed by atoms with van der Waals surface area (Å²) in [5.41, 5.74) is 1.41. The van der Waals surface area contributed by atoms with Crippen LogP contribution in [0.25, 0.3) is 10.8 Å². The average Bonchev–Trinajstić information content (AvgIpc) is 2.50. The van der Waals surface area contributed by atoms with Gasteiger partial charge in [-0.05, 0) is 48.0 Å². The van der Waals surface area contributed by atoms with Gasteiger partial charge < -0.3 is 5.32 Å². The molecule has 2 rings (SSSR count). The summed E-state index contributed by atoms with van der Waals surface area (Å²) >= 11 is 3.54. The highest BCUT2D eigenvalue weighted by molar-refractivity contribution is 9.10. The van der Waals surface area contributed by atoms with E-state index in [1.807, 2.05) is 0 Å². The second kappa shape index (κ2) is 8.55. The zero-order chi connectivity index (χ0) is 15.1. The third-order valence-corrected chi connectivity index (χ3v) is 4.67. The molecule has 0 saturated heterocycles. The molecule has 114 valence electrons. The first-order valence-corrected chi connectivity index (χ1v) is 8.90. The Labute approximate surface area is 137 Å². The van der Waals surface area contributed by atoms with Crippen molar-refractivity contribution in [1.29, 1.82) is 0 Å². The number of halogens is 1. The largest absolute Gasteiger partial charge is 0.313 e. The van der Waals surface area contributed by atoms with E-state index in [1.54, 1.807) is 0 Å². The van der Waals surface area contributed by atoms with E-state index >= 15 is 0 Å². The number of hydrogen-bond acceptors (Lipinski definition) is 1. The van der Waals surface area contributed by atoms with Crippen LogP contribution in [0.15, 0.2) is 40.9 Å². The van der Waals surface area contributed by atoms with Crippen LogP contribution in [0.5, 0.6) is 0 Å². The fraction of sp³-hybridized carbons (Fsp3) is 0.474. The van der Waals surface area contributed by atoms with Crippen LogP contribution in [0.1, 0.15) is 57.1 Å². The molecular formula is C19H26BrN. The van der Waals surface area contributed by atoms with E-state index in [0.29, 0.717) is 6.04 Å². The van der Waals surface area contributed by atoms with Gasteiger partial charge in [0.25, 0.3) is 0 Å². The molecular weight excluding hydrogens is 322 g/mol. The van der Waals surface area contributed by atoms with Gasteiger partial charge in [0.1, 0.15) is 0 Å². The van der Waals surface area contributed by atoms with Crippen molar-refractivity contribution in [2.24, 2.45) is 0 Å². The lowest BCUT2D eigenvalue weighted by atomic mass is 9.97. The zero-order valence-electron chi connectivity index (χ0n) is 13.2. The smallest absolute Gasteiger partial charge is 0.0317 e. The first-order chi connectivity index (χ1) is 10.2. The van der Waals surface area contributed by atoms with E-state index in [-0.39, 0.29) is 0 Å². The van der Waals surface area contributed by atoms with E-state index in [2.05, 4.69) is 71.6 Å². The lowest BCUT2D eigenvalue weighted by Gasteiger charge is -2.17. The standard InChI is InChI=1S/C19H26BrN/c1-3-4-5-6-7-8-19(21-2)17-10-9-16-14-18(20)12-11-15(16)13-17/h9-14,19,21H,3-8H2,1-2H3. The topological polar surface area (TPSA) is 12.0 Å². The van der Waals surface area contributed by atoms with Crippen LogP contribution in [0, 0.1) is 0 Å². The summed E-state index contributed by atoms with van der Waals surface area (Å²) in [5.74, 6) is 0. The van der Waals surface area contributed by atoms with Crippen LogP contribution in [0.2, 0.25) is 0 Å². The summed E-state index contributed by atoms with van der Waals surface area (Å²) < 4.78 is 1.14. The summed E-state index contributed by atoms with van der Waals surface area (Å²) in [7, 11) is 2.07. The van der Waals surface area contributed by atoms with Crippen molar-refractivity contribution in [1.82, 2.24) is 5.32 Å². The summed E-state index contributed by atoms with van der Waals surface area (Å²) in [6.45, 7) is 2.27. The van der Waals surface area contributed by atoms with Gasteiger partial charge in [0.05, 0.1) is 0 Å². The van der Waals surface area contributed by atoms with E-state index in [4.69, 9.17) is 0 Å². The van der Waals surface area contributed by atoms with E-state index < -0.39 is 0 Å². The zero-order valence-corrected chi connectivity index (χ0v) is 14.7. The predicted octanol–water partition coefficient (Wildman–Crippen LogP) is 6.22. The van der Waals surface area contributed by atoms with Gasteiger partial charge in [-0.15, -0.1) is 0 Å². The van der Waals surface area contributed by atoms with Gasteiger partial charge in [0.15, 0.2) is 0 Å². The van der Waals surface area contributed by atoms with Crippen molar-refractivity contribution in [2.75, 3.05) is 7.05 Å². The highest BCUT2D eigenvalue weighted by Crippen LogP contribution is 2.26. The van der Waals surface area contributed by atoms with Gasteiger partial charge in [-0.1, -0.05) is 73.2 Å². The fourth-order valence-corrected chi connectivity index (χ4v) is 3.26. The van der Waals surface area contributed by atoms with Crippen LogP contribution >= 0.6 is 15.9 Å². The number of nitrogens with one attached hydrogen (secondary N) is 1. The Bertz CT molecular complexity index is 564.